The molecule has 1 aromatic rings. The molecule has 0 unspecified atom stereocenters. The van der Waals surface area contributed by atoms with E-state index in [1.54, 1.807) is 6.07 Å². The highest BCUT2D eigenvalue weighted by Crippen LogP contribution is 2.41. The van der Waals surface area contributed by atoms with Crippen molar-refractivity contribution in [1.29, 1.82) is 0 Å². The third-order valence-electron chi connectivity index (χ3n) is 5.70. The Hall–Kier alpha value is -1.95. The molecule has 2 heterocycles. The molecule has 0 radical (unpaired) electrons. The SMILES string of the molecule is C[C@@H]1CCCC[C@]12NC(=O)N(Cc1cc(Cl)c3c(c1)OCCCO3)C2=O. The Kier molecular flexibility index (Phi) is 4.47. The van der Waals surface area contributed by atoms with Crippen molar-refractivity contribution in [2.24, 2.45) is 5.92 Å². The Morgan fingerprint density at radius 3 is 2.85 bits per heavy atom. The largest absolute Gasteiger partial charge is 0.489 e. The second-order valence-electron chi connectivity index (χ2n) is 7.40. The summed E-state index contributed by atoms with van der Waals surface area (Å²) >= 11 is 6.33. The smallest absolute Gasteiger partial charge is 0.325 e. The van der Waals surface area contributed by atoms with Gasteiger partial charge >= 0.3 is 6.03 Å². The molecule has 6 nitrogen and oxygen atoms in total. The van der Waals surface area contributed by atoms with Gasteiger partial charge in [-0.25, -0.2) is 4.79 Å². The number of hydrogen-bond donors (Lipinski definition) is 1. The Morgan fingerprint density at radius 1 is 1.23 bits per heavy atom. The zero-order valence-electron chi connectivity index (χ0n) is 14.8. The third kappa shape index (κ3) is 2.80. The predicted molar refractivity (Wildman–Crippen MR) is 96.5 cm³/mol. The number of fused-ring (bicyclic) bond motifs is 1. The van der Waals surface area contributed by atoms with Crippen LogP contribution in [0.3, 0.4) is 0 Å². The maximum Gasteiger partial charge on any atom is 0.325 e. The summed E-state index contributed by atoms with van der Waals surface area (Å²) in [6, 6.07) is 3.22. The number of imide groups is 1. The molecule has 26 heavy (non-hydrogen) atoms. The molecule has 1 saturated heterocycles. The normalized spacial score (nSPS) is 28.2. The topological polar surface area (TPSA) is 67.9 Å². The van der Waals surface area contributed by atoms with E-state index in [0.717, 1.165) is 31.2 Å². The maximum absolute atomic E-state index is 13.1. The van der Waals surface area contributed by atoms with Gasteiger partial charge in [0.1, 0.15) is 5.54 Å². The van der Waals surface area contributed by atoms with E-state index in [9.17, 15) is 9.59 Å². The number of nitrogens with zero attached hydrogens (tertiary/aromatic N) is 1. The first-order valence-electron chi connectivity index (χ1n) is 9.23. The quantitative estimate of drug-likeness (QED) is 0.800. The lowest BCUT2D eigenvalue weighted by Crippen LogP contribution is -2.53. The van der Waals surface area contributed by atoms with E-state index in [4.69, 9.17) is 21.1 Å². The van der Waals surface area contributed by atoms with Gasteiger partial charge in [0.25, 0.3) is 5.91 Å². The second kappa shape index (κ2) is 6.65. The van der Waals surface area contributed by atoms with Crippen molar-refractivity contribution in [2.75, 3.05) is 13.2 Å². The summed E-state index contributed by atoms with van der Waals surface area (Å²) in [6.07, 6.45) is 4.50. The van der Waals surface area contributed by atoms with E-state index >= 15 is 0 Å². The number of carbonyl (C=O) groups is 2. The molecule has 4 rings (SSSR count). The van der Waals surface area contributed by atoms with Gasteiger partial charge in [-0.3, -0.25) is 9.69 Å². The number of carbonyl (C=O) groups excluding carboxylic acids is 2. The van der Waals surface area contributed by atoms with Crippen molar-refractivity contribution in [3.05, 3.63) is 22.7 Å². The molecule has 2 atom stereocenters. The monoisotopic (exact) mass is 378 g/mol. The highest BCUT2D eigenvalue weighted by atomic mass is 35.5. The fourth-order valence-corrected chi connectivity index (χ4v) is 4.48. The molecule has 140 valence electrons. The molecular formula is C19H23ClN2O4. The van der Waals surface area contributed by atoms with Crippen LogP contribution in [0.25, 0.3) is 0 Å². The number of ether oxygens (including phenoxy) is 2. The van der Waals surface area contributed by atoms with Gasteiger partial charge in [0.15, 0.2) is 11.5 Å². The molecule has 2 aliphatic heterocycles. The molecule has 1 saturated carbocycles. The van der Waals surface area contributed by atoms with Crippen molar-refractivity contribution in [3.8, 4) is 11.5 Å². The van der Waals surface area contributed by atoms with Crippen LogP contribution in [0.4, 0.5) is 4.79 Å². The Bertz CT molecular complexity index is 753. The fraction of sp³-hybridized carbons (Fsp3) is 0.579. The van der Waals surface area contributed by atoms with E-state index in [-0.39, 0.29) is 24.4 Å². The fourth-order valence-electron chi connectivity index (χ4n) is 4.20. The van der Waals surface area contributed by atoms with Gasteiger partial charge in [-0.1, -0.05) is 31.4 Å². The first-order chi connectivity index (χ1) is 12.5. The van der Waals surface area contributed by atoms with E-state index < -0.39 is 5.54 Å². The zero-order valence-corrected chi connectivity index (χ0v) is 15.6. The summed E-state index contributed by atoms with van der Waals surface area (Å²) in [5.41, 5.74) is 0.00741. The van der Waals surface area contributed by atoms with Gasteiger partial charge in [-0.15, -0.1) is 0 Å². The van der Waals surface area contributed by atoms with Crippen molar-refractivity contribution in [3.63, 3.8) is 0 Å². The van der Waals surface area contributed by atoms with E-state index in [2.05, 4.69) is 5.32 Å². The molecule has 1 N–H and O–H groups in total. The van der Waals surface area contributed by atoms with Crippen molar-refractivity contribution < 1.29 is 19.1 Å². The number of urea groups is 1. The Morgan fingerprint density at radius 2 is 2.04 bits per heavy atom. The summed E-state index contributed by atoms with van der Waals surface area (Å²) < 4.78 is 11.3. The number of halogens is 1. The average molecular weight is 379 g/mol. The van der Waals surface area contributed by atoms with Crippen molar-refractivity contribution in [1.82, 2.24) is 10.2 Å². The van der Waals surface area contributed by atoms with E-state index in [1.165, 1.54) is 4.90 Å². The Labute approximate surface area is 157 Å². The molecule has 1 aromatic carbocycles. The summed E-state index contributed by atoms with van der Waals surface area (Å²) in [6.45, 7) is 3.33. The minimum atomic E-state index is -0.746. The zero-order chi connectivity index (χ0) is 18.3. The Balaban J connectivity index is 1.59. The lowest BCUT2D eigenvalue weighted by molar-refractivity contribution is -0.134. The molecule has 0 bridgehead atoms. The molecule has 7 heteroatoms. The number of amides is 3. The van der Waals surface area contributed by atoms with Crippen LogP contribution in [-0.4, -0.2) is 35.6 Å². The van der Waals surface area contributed by atoms with Gasteiger partial charge in [0, 0.05) is 6.42 Å². The molecule has 1 spiro atoms. The first kappa shape index (κ1) is 17.5. The number of benzene rings is 1. The molecule has 0 aromatic heterocycles. The minimum Gasteiger partial charge on any atom is -0.489 e. The van der Waals surface area contributed by atoms with Crippen LogP contribution >= 0.6 is 11.6 Å². The third-order valence-corrected chi connectivity index (χ3v) is 5.98. The number of nitrogens with one attached hydrogen (secondary N) is 1. The molecule has 2 fully saturated rings. The summed E-state index contributed by atoms with van der Waals surface area (Å²) in [4.78, 5) is 26.9. The van der Waals surface area contributed by atoms with Gasteiger partial charge in [-0.05, 0) is 36.5 Å². The highest BCUT2D eigenvalue weighted by Gasteiger charge is 2.54. The molecule has 3 aliphatic rings. The molecular weight excluding hydrogens is 356 g/mol. The maximum atomic E-state index is 13.1. The summed E-state index contributed by atoms with van der Waals surface area (Å²) in [5, 5.41) is 3.41. The molecule has 3 amide bonds. The van der Waals surface area contributed by atoms with Crippen molar-refractivity contribution >= 4 is 23.5 Å². The van der Waals surface area contributed by atoms with Gasteiger partial charge in [0.2, 0.25) is 0 Å². The lowest BCUT2D eigenvalue weighted by atomic mass is 9.73. The number of hydrogen-bond acceptors (Lipinski definition) is 4. The standard InChI is InChI=1S/C19H23ClN2O4/c1-12-5-2-3-6-19(12)17(23)22(18(24)21-19)11-13-9-14(20)16-15(10-13)25-7-4-8-26-16/h9-10,12H,2-8,11H2,1H3,(H,21,24)/t12-,19+/m1/s1. The number of rotatable bonds is 2. The first-order valence-corrected chi connectivity index (χ1v) is 9.61. The van der Waals surface area contributed by atoms with E-state index in [0.29, 0.717) is 36.2 Å². The van der Waals surface area contributed by atoms with Crippen molar-refractivity contribution in [2.45, 2.75) is 51.1 Å². The lowest BCUT2D eigenvalue weighted by Gasteiger charge is -2.36. The summed E-state index contributed by atoms with van der Waals surface area (Å²) in [5.74, 6) is 1.11. The predicted octanol–water partition coefficient (Wildman–Crippen LogP) is 3.50. The highest BCUT2D eigenvalue weighted by molar-refractivity contribution is 6.32. The van der Waals surface area contributed by atoms with Crippen LogP contribution in [0.15, 0.2) is 12.1 Å². The second-order valence-corrected chi connectivity index (χ2v) is 7.80. The average Bonchev–Trinajstić information content (AvgIpc) is 2.79. The van der Waals surface area contributed by atoms with Crippen LogP contribution in [-0.2, 0) is 11.3 Å². The van der Waals surface area contributed by atoms with Crippen LogP contribution in [0, 0.1) is 5.92 Å². The van der Waals surface area contributed by atoms with Crippen LogP contribution in [0.1, 0.15) is 44.6 Å². The van der Waals surface area contributed by atoms with Gasteiger partial charge in [0.05, 0.1) is 24.8 Å². The van der Waals surface area contributed by atoms with Gasteiger partial charge in [-0.2, -0.15) is 0 Å². The van der Waals surface area contributed by atoms with Crippen LogP contribution < -0.4 is 14.8 Å². The van der Waals surface area contributed by atoms with E-state index in [1.807, 2.05) is 13.0 Å². The summed E-state index contributed by atoms with van der Waals surface area (Å²) in [7, 11) is 0. The van der Waals surface area contributed by atoms with Gasteiger partial charge < -0.3 is 14.8 Å². The molecule has 1 aliphatic carbocycles. The van der Waals surface area contributed by atoms with Crippen LogP contribution in [0.5, 0.6) is 11.5 Å². The van der Waals surface area contributed by atoms with Crippen LogP contribution in [0.2, 0.25) is 5.02 Å². The minimum absolute atomic E-state index is 0.127.